The Morgan fingerprint density at radius 1 is 1.07 bits per heavy atom. The summed E-state index contributed by atoms with van der Waals surface area (Å²) < 4.78 is 5.37. The van der Waals surface area contributed by atoms with Crippen LogP contribution in [0.5, 0.6) is 0 Å². The fraction of sp³-hybridized carbons (Fsp3) is 0.400. The van der Waals surface area contributed by atoms with Crippen LogP contribution in [0.2, 0.25) is 0 Å². The predicted octanol–water partition coefficient (Wildman–Crippen LogP) is 4.46. The van der Waals surface area contributed by atoms with Crippen LogP contribution < -0.4 is 5.32 Å². The number of thiazole rings is 1. The number of benzene rings is 1. The molecule has 2 aromatic heterocycles. The van der Waals surface area contributed by atoms with Crippen molar-refractivity contribution >= 4 is 17.2 Å². The van der Waals surface area contributed by atoms with Gasteiger partial charge in [-0.05, 0) is 20.8 Å². The third kappa shape index (κ3) is 4.08. The third-order valence-corrected chi connectivity index (χ3v) is 5.28. The van der Waals surface area contributed by atoms with Crippen molar-refractivity contribution in [3.8, 4) is 10.6 Å². The second-order valence-electron chi connectivity index (χ2n) is 8.05. The molecule has 3 aromatic rings. The van der Waals surface area contributed by atoms with Crippen molar-refractivity contribution in [2.45, 2.75) is 52.5 Å². The molecule has 0 saturated carbocycles. The zero-order chi connectivity index (χ0) is 19.8. The highest BCUT2D eigenvalue weighted by Gasteiger charge is 2.32. The van der Waals surface area contributed by atoms with Crippen molar-refractivity contribution in [2.24, 2.45) is 0 Å². The first-order valence-electron chi connectivity index (χ1n) is 8.78. The molecule has 0 unspecified atom stereocenters. The van der Waals surface area contributed by atoms with E-state index in [2.05, 4.69) is 20.4 Å². The van der Waals surface area contributed by atoms with Crippen LogP contribution in [0.4, 0.5) is 0 Å². The van der Waals surface area contributed by atoms with Gasteiger partial charge in [-0.3, -0.25) is 4.79 Å². The molecule has 1 aromatic carbocycles. The van der Waals surface area contributed by atoms with Crippen LogP contribution in [0, 0.1) is 6.92 Å². The van der Waals surface area contributed by atoms with E-state index in [1.165, 1.54) is 11.3 Å². The van der Waals surface area contributed by atoms with Gasteiger partial charge in [0.25, 0.3) is 5.91 Å². The molecule has 7 heteroatoms. The summed E-state index contributed by atoms with van der Waals surface area (Å²) in [6.07, 6.45) is 0. The molecule has 0 radical (unpaired) electrons. The maximum absolute atomic E-state index is 12.9. The molecule has 0 bridgehead atoms. The van der Waals surface area contributed by atoms with E-state index in [0.29, 0.717) is 22.3 Å². The fourth-order valence-corrected chi connectivity index (χ4v) is 3.46. The van der Waals surface area contributed by atoms with E-state index < -0.39 is 5.54 Å². The molecule has 0 aliphatic heterocycles. The Balaban J connectivity index is 1.82. The molecule has 142 valence electrons. The Hall–Kier alpha value is -2.54. The van der Waals surface area contributed by atoms with E-state index in [4.69, 9.17) is 4.52 Å². The number of hydrogen-bond acceptors (Lipinski definition) is 6. The van der Waals surface area contributed by atoms with Gasteiger partial charge in [0, 0.05) is 11.0 Å². The summed E-state index contributed by atoms with van der Waals surface area (Å²) in [4.78, 5) is 22.5. The first-order chi connectivity index (χ1) is 12.6. The molecule has 0 fully saturated rings. The van der Waals surface area contributed by atoms with Crippen molar-refractivity contribution in [3.63, 3.8) is 0 Å². The van der Waals surface area contributed by atoms with Crippen molar-refractivity contribution in [1.82, 2.24) is 20.4 Å². The van der Waals surface area contributed by atoms with Crippen molar-refractivity contribution in [1.29, 1.82) is 0 Å². The van der Waals surface area contributed by atoms with Crippen LogP contribution in [0.1, 0.15) is 61.7 Å². The summed E-state index contributed by atoms with van der Waals surface area (Å²) in [5.74, 6) is 0.797. The first kappa shape index (κ1) is 19.2. The summed E-state index contributed by atoms with van der Waals surface area (Å²) in [6.45, 7) is 11.6. The molecule has 1 N–H and O–H groups in total. The molecule has 6 nitrogen and oxygen atoms in total. The van der Waals surface area contributed by atoms with Gasteiger partial charge >= 0.3 is 0 Å². The lowest BCUT2D eigenvalue weighted by Gasteiger charge is -2.22. The van der Waals surface area contributed by atoms with E-state index in [-0.39, 0.29) is 11.3 Å². The van der Waals surface area contributed by atoms with Gasteiger partial charge < -0.3 is 9.84 Å². The third-order valence-electron chi connectivity index (χ3n) is 4.08. The number of aromatic nitrogens is 3. The monoisotopic (exact) mass is 384 g/mol. The van der Waals surface area contributed by atoms with Crippen LogP contribution in [0.3, 0.4) is 0 Å². The van der Waals surface area contributed by atoms with Crippen molar-refractivity contribution in [2.75, 3.05) is 0 Å². The highest BCUT2D eigenvalue weighted by molar-refractivity contribution is 7.17. The normalized spacial score (nSPS) is 12.2. The lowest BCUT2D eigenvalue weighted by atomic mass is 9.97. The van der Waals surface area contributed by atoms with E-state index >= 15 is 0 Å². The summed E-state index contributed by atoms with van der Waals surface area (Å²) in [5, 5.41) is 7.89. The van der Waals surface area contributed by atoms with Gasteiger partial charge in [-0.15, -0.1) is 11.3 Å². The molecule has 27 heavy (non-hydrogen) atoms. The molecule has 3 rings (SSSR count). The Morgan fingerprint density at radius 3 is 2.33 bits per heavy atom. The number of amides is 1. The maximum atomic E-state index is 12.9. The van der Waals surface area contributed by atoms with Crippen LogP contribution in [-0.2, 0) is 11.0 Å². The van der Waals surface area contributed by atoms with Crippen LogP contribution in [0.15, 0.2) is 34.9 Å². The molecule has 0 spiro atoms. The second kappa shape index (κ2) is 6.88. The lowest BCUT2D eigenvalue weighted by molar-refractivity contribution is 0.0911. The molecule has 0 aliphatic carbocycles. The Kier molecular flexibility index (Phi) is 4.90. The first-order valence-corrected chi connectivity index (χ1v) is 9.59. The Labute approximate surface area is 163 Å². The smallest absolute Gasteiger partial charge is 0.264 e. The predicted molar refractivity (Wildman–Crippen MR) is 106 cm³/mol. The minimum atomic E-state index is -0.770. The molecule has 0 aliphatic rings. The van der Waals surface area contributed by atoms with Gasteiger partial charge in [-0.1, -0.05) is 56.3 Å². The number of carbonyl (C=O) groups excluding carboxylic acids is 1. The SMILES string of the molecule is Cc1nc(-c2ccccc2)sc1C(=O)NC(C)(C)c1noc(C(C)(C)C)n1. The van der Waals surface area contributed by atoms with Gasteiger partial charge in [0.05, 0.1) is 11.2 Å². The number of carbonyl (C=O) groups is 1. The zero-order valence-corrected chi connectivity index (χ0v) is 17.3. The van der Waals surface area contributed by atoms with Gasteiger partial charge in [-0.25, -0.2) is 4.98 Å². The number of aryl methyl sites for hydroxylation is 1. The highest BCUT2D eigenvalue weighted by atomic mass is 32.1. The molecule has 0 saturated heterocycles. The van der Waals surface area contributed by atoms with Crippen LogP contribution in [0.25, 0.3) is 10.6 Å². The fourth-order valence-electron chi connectivity index (χ4n) is 2.49. The van der Waals surface area contributed by atoms with Gasteiger partial charge in [0.15, 0.2) is 5.82 Å². The Bertz CT molecular complexity index is 952. The van der Waals surface area contributed by atoms with Crippen molar-refractivity contribution < 1.29 is 9.32 Å². The number of rotatable bonds is 4. The van der Waals surface area contributed by atoms with E-state index in [0.717, 1.165) is 10.6 Å². The quantitative estimate of drug-likeness (QED) is 0.718. The Morgan fingerprint density at radius 2 is 1.74 bits per heavy atom. The highest BCUT2D eigenvalue weighted by Crippen LogP contribution is 2.29. The van der Waals surface area contributed by atoms with Crippen LogP contribution >= 0.6 is 11.3 Å². The summed E-state index contributed by atoms with van der Waals surface area (Å²) >= 11 is 1.38. The number of hydrogen-bond donors (Lipinski definition) is 1. The van der Waals surface area contributed by atoms with Crippen LogP contribution in [-0.4, -0.2) is 21.0 Å². The lowest BCUT2D eigenvalue weighted by Crippen LogP contribution is -2.41. The average Bonchev–Trinajstić information content (AvgIpc) is 3.22. The minimum absolute atomic E-state index is 0.195. The van der Waals surface area contributed by atoms with Gasteiger partial charge in [0.1, 0.15) is 9.88 Å². The van der Waals surface area contributed by atoms with Gasteiger partial charge in [0.2, 0.25) is 5.89 Å². The second-order valence-corrected chi connectivity index (χ2v) is 9.05. The van der Waals surface area contributed by atoms with E-state index in [1.54, 1.807) is 0 Å². The maximum Gasteiger partial charge on any atom is 0.264 e. The summed E-state index contributed by atoms with van der Waals surface area (Å²) in [6, 6.07) is 9.83. The zero-order valence-electron chi connectivity index (χ0n) is 16.5. The average molecular weight is 385 g/mol. The van der Waals surface area contributed by atoms with Gasteiger partial charge in [-0.2, -0.15) is 4.98 Å². The number of nitrogens with zero attached hydrogens (tertiary/aromatic N) is 3. The van der Waals surface area contributed by atoms with Crippen molar-refractivity contribution in [3.05, 3.63) is 52.6 Å². The standard InChI is InChI=1S/C20H24N4O2S/c1-12-14(27-16(21-12)13-10-8-7-9-11-13)15(25)23-20(5,6)17-22-18(26-24-17)19(2,3)4/h7-11H,1-6H3,(H,23,25). The van der Waals surface area contributed by atoms with E-state index in [1.807, 2.05) is 71.9 Å². The molecule has 2 heterocycles. The topological polar surface area (TPSA) is 80.9 Å². The largest absolute Gasteiger partial charge is 0.339 e. The number of nitrogens with one attached hydrogen (secondary N) is 1. The molecule has 0 atom stereocenters. The van der Waals surface area contributed by atoms with E-state index in [9.17, 15) is 4.79 Å². The minimum Gasteiger partial charge on any atom is -0.339 e. The summed E-state index contributed by atoms with van der Waals surface area (Å²) in [7, 11) is 0. The summed E-state index contributed by atoms with van der Waals surface area (Å²) in [5.41, 5.74) is 0.685. The molecular formula is C20H24N4O2S. The molecule has 1 amide bonds. The molecular weight excluding hydrogens is 360 g/mol.